The second kappa shape index (κ2) is 9.20. The molecule has 1 heterocycles. The zero-order valence-corrected chi connectivity index (χ0v) is 17.2. The number of ether oxygens (including phenoxy) is 1. The normalized spacial score (nSPS) is 12.4. The van der Waals surface area contributed by atoms with Gasteiger partial charge in [-0.25, -0.2) is 9.37 Å². The Labute approximate surface area is 177 Å². The molecule has 0 radical (unpaired) electrons. The first kappa shape index (κ1) is 22.3. The van der Waals surface area contributed by atoms with Crippen molar-refractivity contribution in [3.63, 3.8) is 0 Å². The van der Waals surface area contributed by atoms with E-state index < -0.39 is 6.36 Å². The van der Waals surface area contributed by atoms with E-state index in [2.05, 4.69) is 25.3 Å². The monoisotopic (exact) mass is 434 g/mol. The van der Waals surface area contributed by atoms with Crippen LogP contribution in [0.5, 0.6) is 5.75 Å². The summed E-state index contributed by atoms with van der Waals surface area (Å²) < 4.78 is 55.2. The van der Waals surface area contributed by atoms with Crippen LogP contribution in [0.2, 0.25) is 0 Å². The maximum absolute atomic E-state index is 13.4. The van der Waals surface area contributed by atoms with Crippen LogP contribution in [0.25, 0.3) is 11.3 Å². The number of benzene rings is 2. The van der Waals surface area contributed by atoms with Gasteiger partial charge in [0.25, 0.3) is 0 Å². The van der Waals surface area contributed by atoms with Crippen LogP contribution in [0.15, 0.2) is 48.5 Å². The molecule has 0 aliphatic rings. The van der Waals surface area contributed by atoms with Crippen molar-refractivity contribution in [1.29, 1.82) is 0 Å². The lowest BCUT2D eigenvalue weighted by molar-refractivity contribution is -0.274. The highest BCUT2D eigenvalue weighted by Crippen LogP contribution is 2.30. The van der Waals surface area contributed by atoms with Crippen molar-refractivity contribution in [2.75, 3.05) is 10.6 Å². The van der Waals surface area contributed by atoms with E-state index in [1.165, 1.54) is 30.3 Å². The topological polar surface area (TPSA) is 59.1 Å². The molecule has 0 saturated carbocycles. The lowest BCUT2D eigenvalue weighted by Crippen LogP contribution is -2.17. The Bertz CT molecular complexity index is 1060. The molecular weight excluding hydrogens is 412 g/mol. The average molecular weight is 434 g/mol. The number of rotatable bonds is 7. The van der Waals surface area contributed by atoms with Gasteiger partial charge in [-0.3, -0.25) is 0 Å². The number of hydrogen-bond donors (Lipinski definition) is 2. The van der Waals surface area contributed by atoms with Gasteiger partial charge in [-0.05, 0) is 56.2 Å². The number of hydrogen-bond acceptors (Lipinski definition) is 5. The lowest BCUT2D eigenvalue weighted by Gasteiger charge is -2.16. The first-order chi connectivity index (χ1) is 14.6. The molecule has 0 unspecified atom stereocenters. The molecule has 3 rings (SSSR count). The van der Waals surface area contributed by atoms with Crippen LogP contribution >= 0.6 is 0 Å². The molecule has 0 fully saturated rings. The third-order valence-electron chi connectivity index (χ3n) is 4.53. The van der Waals surface area contributed by atoms with E-state index in [1.807, 2.05) is 13.8 Å². The Morgan fingerprint density at radius 3 is 2.52 bits per heavy atom. The molecule has 0 bridgehead atoms. The highest BCUT2D eigenvalue weighted by atomic mass is 19.4. The summed E-state index contributed by atoms with van der Waals surface area (Å²) >= 11 is 0. The van der Waals surface area contributed by atoms with Crippen molar-refractivity contribution in [2.45, 2.75) is 39.6 Å². The summed E-state index contributed by atoms with van der Waals surface area (Å²) in [5.41, 5.74) is 2.15. The summed E-state index contributed by atoms with van der Waals surface area (Å²) in [7, 11) is 0. The van der Waals surface area contributed by atoms with E-state index in [9.17, 15) is 17.6 Å². The molecule has 0 aliphatic carbocycles. The number of nitrogens with zero attached hydrogens (tertiary/aromatic N) is 2. The third kappa shape index (κ3) is 6.31. The van der Waals surface area contributed by atoms with Gasteiger partial charge in [0.1, 0.15) is 17.4 Å². The molecule has 0 spiro atoms. The van der Waals surface area contributed by atoms with E-state index in [0.717, 1.165) is 6.42 Å². The Balaban J connectivity index is 2.00. The standard InChI is InChI=1S/C22H22F4N4O/c1-4-14(3)27-21-29-19(15-6-5-7-17(11-15)31-22(24,25)26)12-20(30-21)28-18-9-8-16(23)10-13(18)2/h5-12,14H,4H2,1-3H3,(H2,27,28,29,30)/t14-/m1/s1. The molecule has 0 aliphatic heterocycles. The zero-order valence-electron chi connectivity index (χ0n) is 17.2. The van der Waals surface area contributed by atoms with E-state index in [1.54, 1.807) is 25.1 Å². The van der Waals surface area contributed by atoms with E-state index in [4.69, 9.17) is 0 Å². The molecule has 3 aromatic rings. The van der Waals surface area contributed by atoms with Crippen LogP contribution in [-0.4, -0.2) is 22.4 Å². The fraction of sp³-hybridized carbons (Fsp3) is 0.273. The van der Waals surface area contributed by atoms with Gasteiger partial charge in [0.2, 0.25) is 5.95 Å². The molecule has 1 atom stereocenters. The Morgan fingerprint density at radius 1 is 1.06 bits per heavy atom. The van der Waals surface area contributed by atoms with Crippen LogP contribution in [0.4, 0.5) is 35.0 Å². The van der Waals surface area contributed by atoms with Gasteiger partial charge in [-0.1, -0.05) is 19.1 Å². The van der Waals surface area contributed by atoms with Gasteiger partial charge < -0.3 is 15.4 Å². The first-order valence-electron chi connectivity index (χ1n) is 9.68. The fourth-order valence-corrected chi connectivity index (χ4v) is 2.80. The maximum atomic E-state index is 13.4. The van der Waals surface area contributed by atoms with Crippen molar-refractivity contribution >= 4 is 17.5 Å². The SMILES string of the molecule is CC[C@@H](C)Nc1nc(Nc2ccc(F)cc2C)cc(-c2cccc(OC(F)(F)F)c2)n1. The van der Waals surface area contributed by atoms with Gasteiger partial charge in [0.15, 0.2) is 0 Å². The third-order valence-corrected chi connectivity index (χ3v) is 4.53. The van der Waals surface area contributed by atoms with Crippen LogP contribution < -0.4 is 15.4 Å². The summed E-state index contributed by atoms with van der Waals surface area (Å²) in [6, 6.07) is 11.6. The molecule has 0 amide bonds. The summed E-state index contributed by atoms with van der Waals surface area (Å²) in [6.45, 7) is 5.72. The van der Waals surface area contributed by atoms with Gasteiger partial charge in [0.05, 0.1) is 5.69 Å². The van der Waals surface area contributed by atoms with Crippen LogP contribution in [-0.2, 0) is 0 Å². The van der Waals surface area contributed by atoms with Gasteiger partial charge in [0, 0.05) is 23.4 Å². The predicted molar refractivity (Wildman–Crippen MR) is 112 cm³/mol. The second-order valence-corrected chi connectivity index (χ2v) is 7.08. The Hall–Kier alpha value is -3.36. The number of nitrogens with one attached hydrogen (secondary N) is 2. The quantitative estimate of drug-likeness (QED) is 0.419. The van der Waals surface area contributed by atoms with Crippen molar-refractivity contribution in [2.24, 2.45) is 0 Å². The largest absolute Gasteiger partial charge is 0.573 e. The maximum Gasteiger partial charge on any atom is 0.573 e. The van der Waals surface area contributed by atoms with Gasteiger partial charge in [-0.2, -0.15) is 4.98 Å². The molecule has 31 heavy (non-hydrogen) atoms. The van der Waals surface area contributed by atoms with Crippen molar-refractivity contribution in [1.82, 2.24) is 9.97 Å². The number of aryl methyl sites for hydroxylation is 1. The summed E-state index contributed by atoms with van der Waals surface area (Å²) in [5.74, 6) is 0.0277. The minimum Gasteiger partial charge on any atom is -0.406 e. The molecule has 0 saturated heterocycles. The lowest BCUT2D eigenvalue weighted by atomic mass is 10.1. The molecule has 2 N–H and O–H groups in total. The Kier molecular flexibility index (Phi) is 6.62. The molecular formula is C22H22F4N4O. The fourth-order valence-electron chi connectivity index (χ4n) is 2.80. The zero-order chi connectivity index (χ0) is 22.6. The summed E-state index contributed by atoms with van der Waals surface area (Å²) in [5, 5.41) is 6.30. The molecule has 2 aromatic carbocycles. The minimum absolute atomic E-state index is 0.0792. The highest BCUT2D eigenvalue weighted by molar-refractivity contribution is 5.69. The van der Waals surface area contributed by atoms with E-state index >= 15 is 0 Å². The molecule has 1 aromatic heterocycles. The minimum atomic E-state index is -4.79. The first-order valence-corrected chi connectivity index (χ1v) is 9.68. The predicted octanol–water partition coefficient (Wildman–Crippen LogP) is 6.44. The number of aromatic nitrogens is 2. The average Bonchev–Trinajstić information content (AvgIpc) is 2.69. The van der Waals surface area contributed by atoms with Gasteiger partial charge in [-0.15, -0.1) is 13.2 Å². The van der Waals surface area contributed by atoms with Crippen molar-refractivity contribution < 1.29 is 22.3 Å². The van der Waals surface area contributed by atoms with Crippen LogP contribution in [0.1, 0.15) is 25.8 Å². The van der Waals surface area contributed by atoms with E-state index in [-0.39, 0.29) is 17.6 Å². The van der Waals surface area contributed by atoms with Crippen LogP contribution in [0, 0.1) is 12.7 Å². The van der Waals surface area contributed by atoms with Crippen molar-refractivity contribution in [3.8, 4) is 17.0 Å². The number of anilines is 3. The number of alkyl halides is 3. The van der Waals surface area contributed by atoms with E-state index in [0.29, 0.717) is 34.3 Å². The van der Waals surface area contributed by atoms with Crippen molar-refractivity contribution in [3.05, 3.63) is 59.9 Å². The summed E-state index contributed by atoms with van der Waals surface area (Å²) in [4.78, 5) is 8.90. The number of halogens is 4. The second-order valence-electron chi connectivity index (χ2n) is 7.08. The summed E-state index contributed by atoms with van der Waals surface area (Å²) in [6.07, 6.45) is -3.97. The smallest absolute Gasteiger partial charge is 0.406 e. The van der Waals surface area contributed by atoms with Gasteiger partial charge >= 0.3 is 6.36 Å². The highest BCUT2D eigenvalue weighted by Gasteiger charge is 2.31. The molecule has 5 nitrogen and oxygen atoms in total. The van der Waals surface area contributed by atoms with Crippen LogP contribution in [0.3, 0.4) is 0 Å². The molecule has 164 valence electrons. The molecule has 9 heteroatoms. The Morgan fingerprint density at radius 2 is 1.84 bits per heavy atom.